The molecular weight excluding hydrogens is 286 g/mol. The summed E-state index contributed by atoms with van der Waals surface area (Å²) in [5, 5.41) is 6.64. The quantitative estimate of drug-likeness (QED) is 0.849. The van der Waals surface area contributed by atoms with Gasteiger partial charge < -0.3 is 14.8 Å². The lowest BCUT2D eigenvalue weighted by Gasteiger charge is -2.11. The van der Waals surface area contributed by atoms with Crippen LogP contribution < -0.4 is 20.3 Å². The van der Waals surface area contributed by atoms with E-state index in [2.05, 4.69) is 10.4 Å². The van der Waals surface area contributed by atoms with Gasteiger partial charge in [-0.25, -0.2) is 4.68 Å². The highest BCUT2D eigenvalue weighted by Gasteiger charge is 2.13. The lowest BCUT2D eigenvalue weighted by atomic mass is 10.1. The Hall–Kier alpha value is -2.83. The maximum Gasteiger partial charge on any atom is 0.266 e. The zero-order valence-corrected chi connectivity index (χ0v) is 12.4. The van der Waals surface area contributed by atoms with Crippen molar-refractivity contribution in [2.75, 3.05) is 20.8 Å². The lowest BCUT2D eigenvalue weighted by molar-refractivity contribution is 0.0948. The van der Waals surface area contributed by atoms with Crippen LogP contribution in [-0.2, 0) is 6.54 Å². The molecular formula is C15H17N3O4. The molecule has 22 heavy (non-hydrogen) atoms. The zero-order chi connectivity index (χ0) is 15.9. The Morgan fingerprint density at radius 3 is 2.77 bits per heavy atom. The predicted molar refractivity (Wildman–Crippen MR) is 80.4 cm³/mol. The highest BCUT2D eigenvalue weighted by molar-refractivity contribution is 5.97. The number of ether oxygens (including phenoxy) is 2. The van der Waals surface area contributed by atoms with Gasteiger partial charge in [0.05, 0.1) is 26.3 Å². The molecule has 0 atom stereocenters. The SMILES string of the molecule is COc1ccc(OC)c(C(=O)NCCn2ncccc2=O)c1. The minimum atomic E-state index is -0.306. The summed E-state index contributed by atoms with van der Waals surface area (Å²) >= 11 is 0. The van der Waals surface area contributed by atoms with Gasteiger partial charge in [0.1, 0.15) is 11.5 Å². The van der Waals surface area contributed by atoms with Gasteiger partial charge in [0.2, 0.25) is 0 Å². The second-order valence-electron chi connectivity index (χ2n) is 4.41. The molecule has 2 rings (SSSR count). The number of aromatic nitrogens is 2. The van der Waals surface area contributed by atoms with Crippen molar-refractivity contribution in [3.05, 3.63) is 52.4 Å². The summed E-state index contributed by atoms with van der Waals surface area (Å²) in [5.41, 5.74) is 0.158. The third-order valence-corrected chi connectivity index (χ3v) is 3.05. The summed E-state index contributed by atoms with van der Waals surface area (Å²) in [6.45, 7) is 0.563. The van der Waals surface area contributed by atoms with Crippen LogP contribution in [0.5, 0.6) is 11.5 Å². The number of nitrogens with one attached hydrogen (secondary N) is 1. The molecule has 7 heteroatoms. The van der Waals surface area contributed by atoms with Gasteiger partial charge in [0.25, 0.3) is 11.5 Å². The van der Waals surface area contributed by atoms with E-state index in [4.69, 9.17) is 9.47 Å². The molecule has 1 N–H and O–H groups in total. The fourth-order valence-electron chi connectivity index (χ4n) is 1.92. The number of benzene rings is 1. The third kappa shape index (κ3) is 3.63. The average Bonchev–Trinajstić information content (AvgIpc) is 2.55. The molecule has 2 aromatic rings. The fourth-order valence-corrected chi connectivity index (χ4v) is 1.92. The number of hydrogen-bond acceptors (Lipinski definition) is 5. The average molecular weight is 303 g/mol. The third-order valence-electron chi connectivity index (χ3n) is 3.05. The molecule has 0 aliphatic carbocycles. The van der Waals surface area contributed by atoms with Gasteiger partial charge >= 0.3 is 0 Å². The number of hydrogen-bond donors (Lipinski definition) is 1. The summed E-state index contributed by atoms with van der Waals surface area (Å²) in [6.07, 6.45) is 1.52. The van der Waals surface area contributed by atoms with Crippen molar-refractivity contribution in [1.82, 2.24) is 15.1 Å². The van der Waals surface area contributed by atoms with E-state index in [1.54, 1.807) is 24.3 Å². The van der Waals surface area contributed by atoms with E-state index in [0.717, 1.165) is 0 Å². The van der Waals surface area contributed by atoms with Gasteiger partial charge in [-0.2, -0.15) is 5.10 Å². The molecule has 0 saturated heterocycles. The molecule has 116 valence electrons. The van der Waals surface area contributed by atoms with Crippen LogP contribution in [-0.4, -0.2) is 36.5 Å². The van der Waals surface area contributed by atoms with E-state index >= 15 is 0 Å². The Bertz CT molecular complexity index is 712. The summed E-state index contributed by atoms with van der Waals surface area (Å²) in [4.78, 5) is 23.7. The molecule has 0 fully saturated rings. The fraction of sp³-hybridized carbons (Fsp3) is 0.267. The molecule has 0 bridgehead atoms. The molecule has 0 saturated carbocycles. The van der Waals surface area contributed by atoms with Crippen LogP contribution in [0.3, 0.4) is 0 Å². The predicted octanol–water partition coefficient (Wildman–Crippen LogP) is 0.690. The highest BCUT2D eigenvalue weighted by atomic mass is 16.5. The van der Waals surface area contributed by atoms with Gasteiger partial charge in [0, 0.05) is 18.8 Å². The van der Waals surface area contributed by atoms with Crippen LogP contribution in [0.4, 0.5) is 0 Å². The Morgan fingerprint density at radius 2 is 2.09 bits per heavy atom. The number of nitrogens with zero attached hydrogens (tertiary/aromatic N) is 2. The van der Waals surface area contributed by atoms with E-state index in [1.165, 1.54) is 31.2 Å². The molecule has 0 aliphatic rings. The number of carbonyl (C=O) groups excluding carboxylic acids is 1. The summed E-state index contributed by atoms with van der Waals surface area (Å²) in [7, 11) is 3.02. The first-order valence-electron chi connectivity index (χ1n) is 6.68. The number of carbonyl (C=O) groups is 1. The van der Waals surface area contributed by atoms with E-state index in [0.29, 0.717) is 17.1 Å². The Morgan fingerprint density at radius 1 is 1.27 bits per heavy atom. The Labute approximate surface area is 127 Å². The van der Waals surface area contributed by atoms with Crippen LogP contribution in [0.15, 0.2) is 41.3 Å². The number of amides is 1. The molecule has 0 spiro atoms. The topological polar surface area (TPSA) is 82.4 Å². The van der Waals surface area contributed by atoms with Crippen molar-refractivity contribution in [2.45, 2.75) is 6.54 Å². The van der Waals surface area contributed by atoms with Gasteiger partial charge in [-0.05, 0) is 24.3 Å². The van der Waals surface area contributed by atoms with Crippen LogP contribution in [0.25, 0.3) is 0 Å². The summed E-state index contributed by atoms with van der Waals surface area (Å²) < 4.78 is 11.5. The van der Waals surface area contributed by atoms with E-state index in [-0.39, 0.29) is 24.6 Å². The molecule has 1 heterocycles. The summed E-state index contributed by atoms with van der Waals surface area (Å²) in [6, 6.07) is 7.96. The van der Waals surface area contributed by atoms with Gasteiger partial charge in [-0.3, -0.25) is 9.59 Å². The first kappa shape index (κ1) is 15.6. The van der Waals surface area contributed by atoms with Crippen LogP contribution in [0.2, 0.25) is 0 Å². The van der Waals surface area contributed by atoms with Gasteiger partial charge in [0.15, 0.2) is 0 Å². The first-order chi connectivity index (χ1) is 10.7. The van der Waals surface area contributed by atoms with Gasteiger partial charge in [-0.15, -0.1) is 0 Å². The molecule has 7 nitrogen and oxygen atoms in total. The molecule has 1 amide bonds. The second kappa shape index (κ2) is 7.26. The first-order valence-corrected chi connectivity index (χ1v) is 6.68. The minimum absolute atomic E-state index is 0.212. The monoisotopic (exact) mass is 303 g/mol. The minimum Gasteiger partial charge on any atom is -0.497 e. The Balaban J connectivity index is 2.03. The van der Waals surface area contributed by atoms with Crippen molar-refractivity contribution >= 4 is 5.91 Å². The number of methoxy groups -OCH3 is 2. The molecule has 0 unspecified atom stereocenters. The van der Waals surface area contributed by atoms with E-state index < -0.39 is 0 Å². The largest absolute Gasteiger partial charge is 0.497 e. The van der Waals surface area contributed by atoms with Crippen molar-refractivity contribution in [2.24, 2.45) is 0 Å². The molecule has 1 aromatic heterocycles. The molecule has 1 aromatic carbocycles. The van der Waals surface area contributed by atoms with Crippen molar-refractivity contribution in [3.8, 4) is 11.5 Å². The van der Waals surface area contributed by atoms with Crippen molar-refractivity contribution < 1.29 is 14.3 Å². The standard InChI is InChI=1S/C15H17N3O4/c1-21-11-5-6-13(22-2)12(10-11)15(20)16-8-9-18-14(19)4-3-7-17-18/h3-7,10H,8-9H2,1-2H3,(H,16,20). The Kier molecular flexibility index (Phi) is 5.13. The van der Waals surface area contributed by atoms with Crippen molar-refractivity contribution in [3.63, 3.8) is 0 Å². The van der Waals surface area contributed by atoms with Gasteiger partial charge in [-0.1, -0.05) is 0 Å². The van der Waals surface area contributed by atoms with Crippen LogP contribution in [0.1, 0.15) is 10.4 Å². The van der Waals surface area contributed by atoms with Crippen molar-refractivity contribution in [1.29, 1.82) is 0 Å². The second-order valence-corrected chi connectivity index (χ2v) is 4.41. The lowest BCUT2D eigenvalue weighted by Crippen LogP contribution is -2.31. The summed E-state index contributed by atoms with van der Waals surface area (Å²) in [5.74, 6) is 0.708. The maximum atomic E-state index is 12.2. The van der Waals surface area contributed by atoms with E-state index in [9.17, 15) is 9.59 Å². The van der Waals surface area contributed by atoms with E-state index in [1.807, 2.05) is 0 Å². The smallest absolute Gasteiger partial charge is 0.266 e. The zero-order valence-electron chi connectivity index (χ0n) is 12.4. The van der Waals surface area contributed by atoms with Crippen LogP contribution >= 0.6 is 0 Å². The maximum absolute atomic E-state index is 12.2. The molecule has 0 aliphatic heterocycles. The highest BCUT2D eigenvalue weighted by Crippen LogP contribution is 2.23. The van der Waals surface area contributed by atoms with Crippen LogP contribution in [0, 0.1) is 0 Å². The normalized spacial score (nSPS) is 10.1. The number of rotatable bonds is 6. The molecule has 0 radical (unpaired) electrons.